The highest BCUT2D eigenvalue weighted by atomic mass is 19.2. The molecule has 198 valence electrons. The summed E-state index contributed by atoms with van der Waals surface area (Å²) in [5, 5.41) is 0. The Morgan fingerprint density at radius 3 is 2.06 bits per heavy atom. The lowest BCUT2D eigenvalue weighted by Crippen LogP contribution is -2.13. The third-order valence-electron chi connectivity index (χ3n) is 9.05. The van der Waals surface area contributed by atoms with Crippen LogP contribution >= 0.6 is 0 Å². The van der Waals surface area contributed by atoms with E-state index in [0.717, 1.165) is 61.3 Å². The lowest BCUT2D eigenvalue weighted by atomic mass is 9.84. The summed E-state index contributed by atoms with van der Waals surface area (Å²) in [6, 6.07) is 11.3. The van der Waals surface area contributed by atoms with E-state index in [1.54, 1.807) is 12.1 Å². The fourth-order valence-corrected chi connectivity index (χ4v) is 6.99. The minimum absolute atomic E-state index is 0.0127. The summed E-state index contributed by atoms with van der Waals surface area (Å²) in [5.74, 6) is 2.09. The predicted molar refractivity (Wildman–Crippen MR) is 146 cm³/mol. The molecule has 36 heavy (non-hydrogen) atoms. The van der Waals surface area contributed by atoms with Crippen LogP contribution in [0.3, 0.4) is 0 Å². The van der Waals surface area contributed by atoms with Gasteiger partial charge in [0.25, 0.3) is 0 Å². The summed E-state index contributed by atoms with van der Waals surface area (Å²) in [7, 11) is 0. The van der Waals surface area contributed by atoms with E-state index in [-0.39, 0.29) is 5.75 Å². The quantitative estimate of drug-likeness (QED) is 0.236. The van der Waals surface area contributed by atoms with E-state index < -0.39 is 11.6 Å². The van der Waals surface area contributed by atoms with E-state index in [0.29, 0.717) is 12.2 Å². The van der Waals surface area contributed by atoms with Crippen molar-refractivity contribution in [1.29, 1.82) is 0 Å². The third kappa shape index (κ3) is 6.69. The highest BCUT2D eigenvalue weighted by molar-refractivity contribution is 5.65. The van der Waals surface area contributed by atoms with Crippen molar-refractivity contribution in [2.24, 2.45) is 23.7 Å². The molecule has 0 amide bonds. The molecule has 2 fully saturated rings. The fourth-order valence-electron chi connectivity index (χ4n) is 6.99. The van der Waals surface area contributed by atoms with Gasteiger partial charge in [0.1, 0.15) is 0 Å². The van der Waals surface area contributed by atoms with E-state index in [1.165, 1.54) is 63.4 Å². The second-order valence-corrected chi connectivity index (χ2v) is 11.4. The Hall–Kier alpha value is -1.90. The van der Waals surface area contributed by atoms with Gasteiger partial charge in [-0.1, -0.05) is 83.1 Å². The average Bonchev–Trinajstić information content (AvgIpc) is 3.48. The number of aryl methyl sites for hydroxylation is 1. The van der Waals surface area contributed by atoms with E-state index in [1.807, 2.05) is 12.1 Å². The summed E-state index contributed by atoms with van der Waals surface area (Å²) in [6.45, 7) is 4.87. The maximum atomic E-state index is 14.8. The summed E-state index contributed by atoms with van der Waals surface area (Å²) in [6.07, 6.45) is 17.8. The number of hydrogen-bond acceptors (Lipinski definition) is 1. The van der Waals surface area contributed by atoms with Crippen molar-refractivity contribution in [2.75, 3.05) is 6.61 Å². The molecular weight excluding hydrogens is 450 g/mol. The lowest BCUT2D eigenvalue weighted by molar-refractivity contribution is 0.285. The lowest BCUT2D eigenvalue weighted by Gasteiger charge is -2.21. The van der Waals surface area contributed by atoms with E-state index >= 15 is 0 Å². The molecule has 0 aliphatic heterocycles. The summed E-state index contributed by atoms with van der Waals surface area (Å²) < 4.78 is 34.9. The molecule has 2 aliphatic rings. The molecule has 0 N–H and O–H groups in total. The molecule has 0 heterocycles. The van der Waals surface area contributed by atoms with Crippen LogP contribution in [0.15, 0.2) is 36.4 Å². The molecule has 2 aliphatic carbocycles. The van der Waals surface area contributed by atoms with Gasteiger partial charge in [0.2, 0.25) is 5.82 Å². The van der Waals surface area contributed by atoms with Gasteiger partial charge >= 0.3 is 0 Å². The topological polar surface area (TPSA) is 9.23 Å². The van der Waals surface area contributed by atoms with Crippen LogP contribution in [0.1, 0.15) is 103 Å². The third-order valence-corrected chi connectivity index (χ3v) is 9.05. The highest BCUT2D eigenvalue weighted by Gasteiger charge is 2.43. The number of unbranched alkanes of at least 4 members (excludes halogenated alkanes) is 5. The van der Waals surface area contributed by atoms with Gasteiger partial charge in [-0.25, -0.2) is 4.39 Å². The smallest absolute Gasteiger partial charge is 0.201 e. The van der Waals surface area contributed by atoms with E-state index in [2.05, 4.69) is 26.0 Å². The zero-order valence-electron chi connectivity index (χ0n) is 22.5. The van der Waals surface area contributed by atoms with Crippen LogP contribution in [0.2, 0.25) is 0 Å². The van der Waals surface area contributed by atoms with Gasteiger partial charge in [0.05, 0.1) is 6.61 Å². The number of ether oxygens (including phenoxy) is 1. The molecule has 0 saturated heterocycles. The van der Waals surface area contributed by atoms with Crippen molar-refractivity contribution in [3.63, 3.8) is 0 Å². The Balaban J connectivity index is 1.28. The Bertz CT molecular complexity index is 937. The normalized spacial score (nSPS) is 23.2. The first kappa shape index (κ1) is 27.1. The van der Waals surface area contributed by atoms with Crippen LogP contribution in [0.5, 0.6) is 5.75 Å². The number of benzene rings is 2. The molecule has 4 atom stereocenters. The summed E-state index contributed by atoms with van der Waals surface area (Å²) in [5.41, 5.74) is 2.32. The molecule has 0 bridgehead atoms. The van der Waals surface area contributed by atoms with E-state index in [9.17, 15) is 8.78 Å². The monoisotopic (exact) mass is 496 g/mol. The molecule has 0 aromatic heterocycles. The Labute approximate surface area is 218 Å². The molecule has 1 nitrogen and oxygen atoms in total. The molecule has 0 radical (unpaired) electrons. The molecule has 4 rings (SSSR count). The first-order chi connectivity index (χ1) is 17.6. The Morgan fingerprint density at radius 2 is 1.36 bits per heavy atom. The zero-order valence-corrected chi connectivity index (χ0v) is 22.5. The number of halogens is 2. The number of hydrogen-bond donors (Lipinski definition) is 0. The minimum atomic E-state index is -0.882. The van der Waals surface area contributed by atoms with Crippen LogP contribution in [0, 0.1) is 35.3 Å². The average molecular weight is 497 g/mol. The van der Waals surface area contributed by atoms with Crippen molar-refractivity contribution in [3.05, 3.63) is 53.6 Å². The second kappa shape index (κ2) is 13.6. The van der Waals surface area contributed by atoms with Crippen LogP contribution < -0.4 is 4.74 Å². The van der Waals surface area contributed by atoms with Gasteiger partial charge in [-0.3, -0.25) is 0 Å². The first-order valence-corrected chi connectivity index (χ1v) is 14.8. The SMILES string of the molecule is CCCCCCOc1ccc(-c2ccc(CCC3CCC4C(CCCCC)CCC34)cc2)c(F)c1F. The largest absolute Gasteiger partial charge is 0.490 e. The maximum absolute atomic E-state index is 14.8. The Kier molecular flexibility index (Phi) is 10.2. The van der Waals surface area contributed by atoms with Crippen molar-refractivity contribution >= 4 is 0 Å². The molecule has 0 spiro atoms. The van der Waals surface area contributed by atoms with Crippen molar-refractivity contribution in [2.45, 2.75) is 104 Å². The molecule has 4 unspecified atom stereocenters. The van der Waals surface area contributed by atoms with Crippen molar-refractivity contribution in [1.82, 2.24) is 0 Å². The summed E-state index contributed by atoms with van der Waals surface area (Å²) in [4.78, 5) is 0. The standard InChI is InChI=1S/C33H46F2O/c1-3-5-7-9-23-36-31-22-21-30(32(34)33(31)35)27-15-12-24(13-16-27)11-14-26-18-20-28-25(10-8-6-4-2)17-19-29(26)28/h12-13,15-16,21-22,25-26,28-29H,3-11,14,17-20,23H2,1-2H3. The van der Waals surface area contributed by atoms with E-state index in [4.69, 9.17) is 4.74 Å². The van der Waals surface area contributed by atoms with Crippen LogP contribution in [0.25, 0.3) is 11.1 Å². The zero-order chi connectivity index (χ0) is 25.3. The molecule has 2 aromatic carbocycles. The first-order valence-electron chi connectivity index (χ1n) is 14.8. The predicted octanol–water partition coefficient (Wildman–Crippen LogP) is 10.2. The van der Waals surface area contributed by atoms with Gasteiger partial charge in [-0.05, 0) is 91.9 Å². The Morgan fingerprint density at radius 1 is 0.694 bits per heavy atom. The van der Waals surface area contributed by atoms with Gasteiger partial charge in [0.15, 0.2) is 11.6 Å². The maximum Gasteiger partial charge on any atom is 0.201 e. The van der Waals surface area contributed by atoms with Crippen molar-refractivity contribution in [3.8, 4) is 16.9 Å². The van der Waals surface area contributed by atoms with Gasteiger partial charge in [-0.2, -0.15) is 4.39 Å². The van der Waals surface area contributed by atoms with Crippen LogP contribution in [-0.4, -0.2) is 6.61 Å². The van der Waals surface area contributed by atoms with Crippen molar-refractivity contribution < 1.29 is 13.5 Å². The highest BCUT2D eigenvalue weighted by Crippen LogP contribution is 2.53. The molecule has 3 heteroatoms. The van der Waals surface area contributed by atoms with Gasteiger partial charge < -0.3 is 4.74 Å². The van der Waals surface area contributed by atoms with Crippen LogP contribution in [-0.2, 0) is 6.42 Å². The molecule has 2 saturated carbocycles. The second-order valence-electron chi connectivity index (χ2n) is 11.4. The van der Waals surface area contributed by atoms with Gasteiger partial charge in [0, 0.05) is 5.56 Å². The minimum Gasteiger partial charge on any atom is -0.490 e. The van der Waals surface area contributed by atoms with Crippen LogP contribution in [0.4, 0.5) is 8.78 Å². The number of rotatable bonds is 14. The molecule has 2 aromatic rings. The number of fused-ring (bicyclic) bond motifs is 1. The molecular formula is C33H46F2O. The fraction of sp³-hybridized carbons (Fsp3) is 0.636. The summed E-state index contributed by atoms with van der Waals surface area (Å²) >= 11 is 0. The van der Waals surface area contributed by atoms with Gasteiger partial charge in [-0.15, -0.1) is 0 Å².